The lowest BCUT2D eigenvalue weighted by Crippen LogP contribution is -2.30. The largest absolute Gasteiger partial charge is 0.497 e. The Morgan fingerprint density at radius 2 is 1.71 bits per heavy atom. The SMILES string of the molecule is COc1cccc(OCc2cc(B(O)O)ccc2OC)c1. The van der Waals surface area contributed by atoms with E-state index in [0.29, 0.717) is 22.7 Å². The van der Waals surface area contributed by atoms with E-state index in [1.807, 2.05) is 18.2 Å². The summed E-state index contributed by atoms with van der Waals surface area (Å²) in [6.45, 7) is 0.247. The maximum absolute atomic E-state index is 9.22. The quantitative estimate of drug-likeness (QED) is 0.775. The Hall–Kier alpha value is -2.18. The van der Waals surface area contributed by atoms with Gasteiger partial charge in [-0.05, 0) is 23.7 Å². The van der Waals surface area contributed by atoms with Crippen molar-refractivity contribution >= 4 is 12.6 Å². The lowest BCUT2D eigenvalue weighted by atomic mass is 9.79. The average molecular weight is 288 g/mol. The van der Waals surface area contributed by atoms with Gasteiger partial charge in [-0.15, -0.1) is 0 Å². The van der Waals surface area contributed by atoms with Gasteiger partial charge in [-0.1, -0.05) is 18.2 Å². The summed E-state index contributed by atoms with van der Waals surface area (Å²) in [6.07, 6.45) is 0. The van der Waals surface area contributed by atoms with Crippen LogP contribution >= 0.6 is 0 Å². The van der Waals surface area contributed by atoms with Crippen LogP contribution in [0.15, 0.2) is 42.5 Å². The first-order chi connectivity index (χ1) is 10.1. The number of benzene rings is 2. The summed E-state index contributed by atoms with van der Waals surface area (Å²) in [4.78, 5) is 0. The Bertz CT molecular complexity index is 600. The van der Waals surface area contributed by atoms with Gasteiger partial charge in [0.05, 0.1) is 14.2 Å². The van der Waals surface area contributed by atoms with Gasteiger partial charge in [0.2, 0.25) is 0 Å². The molecule has 0 fully saturated rings. The van der Waals surface area contributed by atoms with Gasteiger partial charge < -0.3 is 24.3 Å². The molecule has 0 aliphatic heterocycles. The van der Waals surface area contributed by atoms with Crippen molar-refractivity contribution in [1.82, 2.24) is 0 Å². The van der Waals surface area contributed by atoms with Crippen molar-refractivity contribution in [3.05, 3.63) is 48.0 Å². The zero-order chi connectivity index (χ0) is 15.2. The topological polar surface area (TPSA) is 68.2 Å². The molecule has 6 heteroatoms. The molecule has 0 saturated heterocycles. The van der Waals surface area contributed by atoms with E-state index >= 15 is 0 Å². The van der Waals surface area contributed by atoms with Crippen LogP contribution in [0.5, 0.6) is 17.2 Å². The average Bonchev–Trinajstić information content (AvgIpc) is 2.52. The standard InChI is InChI=1S/C15H17BO5/c1-19-13-4-3-5-14(9-13)21-10-11-8-12(16(17)18)6-7-15(11)20-2/h3-9,17-18H,10H2,1-2H3. The second-order valence-corrected chi connectivity index (χ2v) is 4.41. The second-order valence-electron chi connectivity index (χ2n) is 4.41. The van der Waals surface area contributed by atoms with Gasteiger partial charge >= 0.3 is 7.12 Å². The molecule has 0 aliphatic rings. The van der Waals surface area contributed by atoms with Crippen LogP contribution < -0.4 is 19.7 Å². The molecule has 0 atom stereocenters. The molecule has 0 aliphatic carbocycles. The molecule has 2 N–H and O–H groups in total. The molecule has 2 aromatic rings. The predicted octanol–water partition coefficient (Wildman–Crippen LogP) is 0.963. The van der Waals surface area contributed by atoms with Crippen molar-refractivity contribution in [2.24, 2.45) is 0 Å². The Labute approximate surface area is 123 Å². The first-order valence-electron chi connectivity index (χ1n) is 6.44. The predicted molar refractivity (Wildman–Crippen MR) is 80.1 cm³/mol. The molecule has 2 aromatic carbocycles. The number of rotatable bonds is 6. The third-order valence-electron chi connectivity index (χ3n) is 3.04. The zero-order valence-corrected chi connectivity index (χ0v) is 11.9. The van der Waals surface area contributed by atoms with Crippen molar-refractivity contribution in [1.29, 1.82) is 0 Å². The summed E-state index contributed by atoms with van der Waals surface area (Å²) in [5, 5.41) is 18.4. The smallest absolute Gasteiger partial charge is 0.488 e. The van der Waals surface area contributed by atoms with E-state index in [2.05, 4.69) is 0 Å². The Balaban J connectivity index is 2.16. The molecule has 0 bridgehead atoms. The molecule has 0 heterocycles. The van der Waals surface area contributed by atoms with E-state index in [9.17, 15) is 10.0 Å². The van der Waals surface area contributed by atoms with E-state index in [4.69, 9.17) is 14.2 Å². The highest BCUT2D eigenvalue weighted by Gasteiger charge is 2.14. The molecule has 0 saturated carbocycles. The maximum Gasteiger partial charge on any atom is 0.488 e. The molecule has 0 amide bonds. The normalized spacial score (nSPS) is 10.1. The fourth-order valence-corrected chi connectivity index (χ4v) is 1.92. The molecule has 110 valence electrons. The van der Waals surface area contributed by atoms with Gasteiger partial charge in [0.15, 0.2) is 0 Å². The lowest BCUT2D eigenvalue weighted by Gasteiger charge is -2.12. The number of hydrogen-bond acceptors (Lipinski definition) is 5. The minimum absolute atomic E-state index is 0.247. The first kappa shape index (κ1) is 15.2. The summed E-state index contributed by atoms with van der Waals surface area (Å²) >= 11 is 0. The summed E-state index contributed by atoms with van der Waals surface area (Å²) in [5.74, 6) is 1.99. The Morgan fingerprint density at radius 3 is 2.38 bits per heavy atom. The van der Waals surface area contributed by atoms with Gasteiger partial charge in [0, 0.05) is 11.6 Å². The molecule has 0 aromatic heterocycles. The molecule has 2 rings (SSSR count). The van der Waals surface area contributed by atoms with E-state index in [-0.39, 0.29) is 6.61 Å². The third kappa shape index (κ3) is 3.90. The Morgan fingerprint density at radius 1 is 0.952 bits per heavy atom. The minimum Gasteiger partial charge on any atom is -0.497 e. The molecule has 0 spiro atoms. The van der Waals surface area contributed by atoms with Crippen LogP contribution in [0.25, 0.3) is 0 Å². The van der Waals surface area contributed by atoms with Crippen molar-refractivity contribution in [3.8, 4) is 17.2 Å². The number of methoxy groups -OCH3 is 2. The van der Waals surface area contributed by atoms with Crippen molar-refractivity contribution in [2.75, 3.05) is 14.2 Å². The number of hydrogen-bond donors (Lipinski definition) is 2. The molecule has 0 unspecified atom stereocenters. The number of ether oxygens (including phenoxy) is 3. The van der Waals surface area contributed by atoms with E-state index in [0.717, 1.165) is 5.56 Å². The molecular formula is C15H17BO5. The second kappa shape index (κ2) is 7.01. The molecule has 0 radical (unpaired) electrons. The van der Waals surface area contributed by atoms with E-state index < -0.39 is 7.12 Å². The van der Waals surface area contributed by atoms with Crippen molar-refractivity contribution in [2.45, 2.75) is 6.61 Å². The van der Waals surface area contributed by atoms with Crippen LogP contribution in [0.3, 0.4) is 0 Å². The van der Waals surface area contributed by atoms with Crippen LogP contribution in [0.2, 0.25) is 0 Å². The monoisotopic (exact) mass is 288 g/mol. The Kier molecular flexibility index (Phi) is 5.08. The van der Waals surface area contributed by atoms with Crippen LogP contribution in [-0.2, 0) is 6.61 Å². The first-order valence-corrected chi connectivity index (χ1v) is 6.44. The zero-order valence-electron chi connectivity index (χ0n) is 11.9. The van der Waals surface area contributed by atoms with Gasteiger partial charge in [-0.2, -0.15) is 0 Å². The van der Waals surface area contributed by atoms with E-state index in [1.165, 1.54) is 0 Å². The highest BCUT2D eigenvalue weighted by atomic mass is 16.5. The fraction of sp³-hybridized carbons (Fsp3) is 0.200. The molecule has 21 heavy (non-hydrogen) atoms. The minimum atomic E-state index is -1.52. The van der Waals surface area contributed by atoms with E-state index in [1.54, 1.807) is 38.5 Å². The van der Waals surface area contributed by atoms with Crippen molar-refractivity contribution < 1.29 is 24.3 Å². The van der Waals surface area contributed by atoms with Crippen molar-refractivity contribution in [3.63, 3.8) is 0 Å². The highest BCUT2D eigenvalue weighted by molar-refractivity contribution is 6.58. The van der Waals surface area contributed by atoms with Crippen LogP contribution in [-0.4, -0.2) is 31.4 Å². The van der Waals surface area contributed by atoms with Crippen LogP contribution in [0, 0.1) is 0 Å². The fourth-order valence-electron chi connectivity index (χ4n) is 1.92. The van der Waals surface area contributed by atoms with Crippen LogP contribution in [0.4, 0.5) is 0 Å². The highest BCUT2D eigenvalue weighted by Crippen LogP contribution is 2.22. The lowest BCUT2D eigenvalue weighted by molar-refractivity contribution is 0.294. The molecule has 5 nitrogen and oxygen atoms in total. The van der Waals surface area contributed by atoms with Gasteiger partial charge in [-0.25, -0.2) is 0 Å². The van der Waals surface area contributed by atoms with Crippen LogP contribution in [0.1, 0.15) is 5.56 Å². The summed E-state index contributed by atoms with van der Waals surface area (Å²) in [5.41, 5.74) is 1.12. The maximum atomic E-state index is 9.22. The third-order valence-corrected chi connectivity index (χ3v) is 3.04. The molecular weight excluding hydrogens is 271 g/mol. The van der Waals surface area contributed by atoms with Gasteiger partial charge in [0.1, 0.15) is 23.9 Å². The van der Waals surface area contributed by atoms with Gasteiger partial charge in [0.25, 0.3) is 0 Å². The summed E-state index contributed by atoms with van der Waals surface area (Å²) in [6, 6.07) is 12.2. The summed E-state index contributed by atoms with van der Waals surface area (Å²) in [7, 11) is 1.62. The summed E-state index contributed by atoms with van der Waals surface area (Å²) < 4.78 is 16.1. The van der Waals surface area contributed by atoms with Gasteiger partial charge in [-0.3, -0.25) is 0 Å².